The number of rotatable bonds is 8. The van der Waals surface area contributed by atoms with E-state index in [1.165, 1.54) is 18.8 Å². The van der Waals surface area contributed by atoms with Gasteiger partial charge in [0.25, 0.3) is 11.5 Å². The van der Waals surface area contributed by atoms with Gasteiger partial charge in [-0.05, 0) is 42.3 Å². The fraction of sp³-hybridized carbons (Fsp3) is 0.158. The van der Waals surface area contributed by atoms with E-state index in [0.717, 1.165) is 16.9 Å². The van der Waals surface area contributed by atoms with Gasteiger partial charge in [-0.3, -0.25) is 14.2 Å². The van der Waals surface area contributed by atoms with Crippen molar-refractivity contribution in [2.45, 2.75) is 19.5 Å². The van der Waals surface area contributed by atoms with Crippen molar-refractivity contribution >= 4 is 51.8 Å². The second kappa shape index (κ2) is 13.2. The first-order chi connectivity index (χ1) is 23.9. The molecular formula is C38H30ClN3O6S. The molecule has 49 heavy (non-hydrogen) atoms. The summed E-state index contributed by atoms with van der Waals surface area (Å²) in [4.78, 5) is 49.9. The number of thiazole rings is 1. The Morgan fingerprint density at radius 3 is 2.35 bits per heavy atom. The molecule has 2 aliphatic heterocycles. The molecule has 1 aromatic heterocycles. The van der Waals surface area contributed by atoms with E-state index in [1.54, 1.807) is 36.1 Å². The topological polar surface area (TPSA) is 99.4 Å². The van der Waals surface area contributed by atoms with E-state index in [2.05, 4.69) is 0 Å². The molecular weight excluding hydrogens is 662 g/mol. The normalized spacial score (nSPS) is 16.2. The van der Waals surface area contributed by atoms with E-state index in [4.69, 9.17) is 30.8 Å². The lowest BCUT2D eigenvalue weighted by atomic mass is 9.93. The van der Waals surface area contributed by atoms with Gasteiger partial charge in [-0.25, -0.2) is 9.79 Å². The van der Waals surface area contributed by atoms with E-state index >= 15 is 0 Å². The van der Waals surface area contributed by atoms with E-state index in [9.17, 15) is 14.4 Å². The van der Waals surface area contributed by atoms with E-state index in [0.29, 0.717) is 49.4 Å². The molecule has 11 heteroatoms. The van der Waals surface area contributed by atoms with Crippen LogP contribution in [0.1, 0.15) is 35.2 Å². The third-order valence-electron chi connectivity index (χ3n) is 8.51. The predicted octanol–water partition coefficient (Wildman–Crippen LogP) is 5.52. The van der Waals surface area contributed by atoms with Gasteiger partial charge < -0.3 is 19.1 Å². The Balaban J connectivity index is 1.52. The average Bonchev–Trinajstić information content (AvgIpc) is 3.60. The monoisotopic (exact) mass is 691 g/mol. The number of nitrogens with zero attached hydrogens (tertiary/aromatic N) is 3. The van der Waals surface area contributed by atoms with Gasteiger partial charge in [-0.15, -0.1) is 0 Å². The van der Waals surface area contributed by atoms with E-state index < -0.39 is 17.6 Å². The van der Waals surface area contributed by atoms with Crippen LogP contribution >= 0.6 is 22.9 Å². The molecule has 0 unspecified atom stereocenters. The van der Waals surface area contributed by atoms with Crippen LogP contribution in [0.5, 0.6) is 11.5 Å². The Kier molecular flexibility index (Phi) is 8.66. The van der Waals surface area contributed by atoms with Crippen LogP contribution in [0.15, 0.2) is 112 Å². The summed E-state index contributed by atoms with van der Waals surface area (Å²) in [6, 6.07) is 28.3. The summed E-state index contributed by atoms with van der Waals surface area (Å²) in [5.74, 6) is -0.0443. The van der Waals surface area contributed by atoms with Crippen LogP contribution in [0.2, 0.25) is 5.02 Å². The van der Waals surface area contributed by atoms with Crippen molar-refractivity contribution in [3.63, 3.8) is 0 Å². The number of hydrogen-bond donors (Lipinski definition) is 0. The molecule has 0 radical (unpaired) electrons. The highest BCUT2D eigenvalue weighted by molar-refractivity contribution is 7.07. The van der Waals surface area contributed by atoms with Crippen LogP contribution < -0.4 is 29.3 Å². The van der Waals surface area contributed by atoms with Crippen molar-refractivity contribution in [3.05, 3.63) is 150 Å². The molecule has 0 N–H and O–H groups in total. The smallest absolute Gasteiger partial charge is 0.338 e. The summed E-state index contributed by atoms with van der Waals surface area (Å²) >= 11 is 7.61. The number of amides is 1. The molecule has 0 saturated carbocycles. The van der Waals surface area contributed by atoms with Crippen LogP contribution in [-0.4, -0.2) is 37.3 Å². The zero-order chi connectivity index (χ0) is 34.2. The van der Waals surface area contributed by atoms with Gasteiger partial charge in [0.15, 0.2) is 16.3 Å². The second-order valence-corrected chi connectivity index (χ2v) is 12.6. The molecule has 9 nitrogen and oxygen atoms in total. The first kappa shape index (κ1) is 32.1. The third kappa shape index (κ3) is 5.52. The summed E-state index contributed by atoms with van der Waals surface area (Å²) in [5.41, 5.74) is 3.66. The molecule has 0 spiro atoms. The lowest BCUT2D eigenvalue weighted by Crippen LogP contribution is -2.41. The molecule has 0 bridgehead atoms. The minimum absolute atomic E-state index is 0.115. The average molecular weight is 692 g/mol. The highest BCUT2D eigenvalue weighted by Crippen LogP contribution is 2.40. The maximum absolute atomic E-state index is 14.8. The predicted molar refractivity (Wildman–Crippen MR) is 189 cm³/mol. The molecule has 2 aliphatic rings. The molecule has 1 amide bonds. The molecule has 1 atom stereocenters. The highest BCUT2D eigenvalue weighted by atomic mass is 35.5. The number of para-hydroxylation sites is 1. The molecule has 0 fully saturated rings. The Morgan fingerprint density at radius 2 is 1.61 bits per heavy atom. The van der Waals surface area contributed by atoms with Crippen molar-refractivity contribution in [3.8, 4) is 11.5 Å². The van der Waals surface area contributed by atoms with Crippen molar-refractivity contribution in [2.75, 3.05) is 25.7 Å². The van der Waals surface area contributed by atoms with Gasteiger partial charge in [0.05, 0.1) is 55.9 Å². The minimum atomic E-state index is -0.967. The number of esters is 1. The molecule has 0 saturated heterocycles. The standard InChI is InChI=1S/C38H30ClN3O6S/c1-4-48-37(45)31-32(22-12-6-5-7-13-22)40-38-42(33(31)23-18-19-28(46-2)29(20-23)47-3)36(44)34(49-38)30-25-15-9-11-17-27(25)41(35(30)43)21-24-14-8-10-16-26(24)39/h5-20,33H,4,21H2,1-3H3/b34-30+/t33-/m0/s1. The first-order valence-electron chi connectivity index (χ1n) is 15.5. The quantitative estimate of drug-likeness (QED) is 0.199. The number of aromatic nitrogens is 1. The van der Waals surface area contributed by atoms with Crippen LogP contribution in [0.25, 0.3) is 11.3 Å². The SMILES string of the molecule is CCOC(=O)C1=C(c2ccccc2)N=c2s/c(=C3/C(=O)N(Cc4ccccc4Cl)c4ccccc43)c(=O)n2[C@H]1c1ccc(OC)c(OC)c1. The minimum Gasteiger partial charge on any atom is -0.493 e. The number of carbonyl (C=O) groups excluding carboxylic acids is 2. The lowest BCUT2D eigenvalue weighted by molar-refractivity contribution is -0.138. The summed E-state index contributed by atoms with van der Waals surface area (Å²) in [5, 5.41) is 0.537. The molecule has 7 rings (SSSR count). The number of methoxy groups -OCH3 is 2. The van der Waals surface area contributed by atoms with Crippen LogP contribution in [0.3, 0.4) is 0 Å². The largest absolute Gasteiger partial charge is 0.493 e. The molecule has 4 aromatic carbocycles. The summed E-state index contributed by atoms with van der Waals surface area (Å²) in [7, 11) is 3.05. The van der Waals surface area contributed by atoms with Gasteiger partial charge in [0, 0.05) is 16.1 Å². The van der Waals surface area contributed by atoms with Crippen LogP contribution in [0.4, 0.5) is 5.69 Å². The number of carbonyl (C=O) groups is 2. The Labute approximate surface area is 290 Å². The number of fused-ring (bicyclic) bond motifs is 2. The first-order valence-corrected chi connectivity index (χ1v) is 16.7. The lowest BCUT2D eigenvalue weighted by Gasteiger charge is -2.26. The summed E-state index contributed by atoms with van der Waals surface area (Å²) in [6.45, 7) is 2.06. The van der Waals surface area contributed by atoms with Crippen molar-refractivity contribution in [2.24, 2.45) is 4.99 Å². The zero-order valence-corrected chi connectivity index (χ0v) is 28.4. The second-order valence-electron chi connectivity index (χ2n) is 11.2. The van der Waals surface area contributed by atoms with E-state index in [1.807, 2.05) is 72.8 Å². The van der Waals surface area contributed by atoms with Gasteiger partial charge in [0.2, 0.25) is 0 Å². The third-order valence-corrected chi connectivity index (χ3v) is 9.93. The van der Waals surface area contributed by atoms with Crippen molar-refractivity contribution in [1.82, 2.24) is 4.57 Å². The van der Waals surface area contributed by atoms with Crippen molar-refractivity contribution < 1.29 is 23.8 Å². The van der Waals surface area contributed by atoms with Crippen LogP contribution in [0, 0.1) is 0 Å². The van der Waals surface area contributed by atoms with Gasteiger partial charge in [0.1, 0.15) is 4.53 Å². The molecule has 3 heterocycles. The number of hydrogen-bond acceptors (Lipinski definition) is 8. The number of anilines is 1. The number of halogens is 1. The van der Waals surface area contributed by atoms with Gasteiger partial charge >= 0.3 is 5.97 Å². The maximum atomic E-state index is 14.8. The van der Waals surface area contributed by atoms with E-state index in [-0.39, 0.29) is 34.7 Å². The summed E-state index contributed by atoms with van der Waals surface area (Å²) < 4.78 is 18.4. The van der Waals surface area contributed by atoms with Crippen molar-refractivity contribution in [1.29, 1.82) is 0 Å². The van der Waals surface area contributed by atoms with Crippen LogP contribution in [-0.2, 0) is 20.9 Å². The Bertz CT molecular complexity index is 2350. The van der Waals surface area contributed by atoms with Gasteiger partial charge in [-0.1, -0.05) is 95.7 Å². The van der Waals surface area contributed by atoms with Gasteiger partial charge in [-0.2, -0.15) is 0 Å². The molecule has 246 valence electrons. The fourth-order valence-electron chi connectivity index (χ4n) is 6.28. The number of benzene rings is 4. The molecule has 0 aliphatic carbocycles. The molecule has 5 aromatic rings. The highest BCUT2D eigenvalue weighted by Gasteiger charge is 2.38. The number of ether oxygens (including phenoxy) is 3. The maximum Gasteiger partial charge on any atom is 0.338 e. The zero-order valence-electron chi connectivity index (χ0n) is 26.8. The summed E-state index contributed by atoms with van der Waals surface area (Å²) in [6.07, 6.45) is 0. The Morgan fingerprint density at radius 1 is 0.898 bits per heavy atom. The Hall–Kier alpha value is -5.45. The fourth-order valence-corrected chi connectivity index (χ4v) is 7.57.